The molecule has 6 heteroatoms. The number of rotatable bonds is 3. The van der Waals surface area contributed by atoms with Crippen LogP contribution in [0.4, 0.5) is 10.1 Å². The van der Waals surface area contributed by atoms with Crippen molar-refractivity contribution in [3.8, 4) is 0 Å². The largest absolute Gasteiger partial charge is 0.366 e. The molecule has 3 rings (SSSR count). The number of benzene rings is 2. The topological polar surface area (TPSA) is 52.7 Å². The maximum absolute atomic E-state index is 13.8. The minimum Gasteiger partial charge on any atom is -0.366 e. The van der Waals surface area contributed by atoms with Gasteiger partial charge in [0.1, 0.15) is 5.82 Å². The van der Waals surface area contributed by atoms with Gasteiger partial charge in [0.2, 0.25) is 0 Å². The van der Waals surface area contributed by atoms with Crippen LogP contribution in [-0.4, -0.2) is 42.9 Å². The summed E-state index contributed by atoms with van der Waals surface area (Å²) in [6.07, 6.45) is 0. The lowest BCUT2D eigenvalue weighted by Crippen LogP contribution is -2.52. The summed E-state index contributed by atoms with van der Waals surface area (Å²) < 4.78 is 13.8. The molecular formula is C19H20FN3O2. The molecule has 1 fully saturated rings. The van der Waals surface area contributed by atoms with Gasteiger partial charge in [0.05, 0.1) is 5.69 Å². The molecule has 1 N–H and O–H groups in total. The van der Waals surface area contributed by atoms with Crippen molar-refractivity contribution < 1.29 is 14.0 Å². The Labute approximate surface area is 146 Å². The van der Waals surface area contributed by atoms with Gasteiger partial charge in [-0.1, -0.05) is 42.5 Å². The molecule has 25 heavy (non-hydrogen) atoms. The molecule has 0 aliphatic carbocycles. The van der Waals surface area contributed by atoms with Gasteiger partial charge in [-0.15, -0.1) is 0 Å². The van der Waals surface area contributed by atoms with Crippen LogP contribution < -0.4 is 10.2 Å². The van der Waals surface area contributed by atoms with E-state index >= 15 is 0 Å². The quantitative estimate of drug-likeness (QED) is 0.866. The van der Waals surface area contributed by atoms with Crippen molar-refractivity contribution in [2.45, 2.75) is 6.54 Å². The number of carbonyl (C=O) groups excluding carboxylic acids is 2. The highest BCUT2D eigenvalue weighted by molar-refractivity contribution is 6.35. The highest BCUT2D eigenvalue weighted by Gasteiger charge is 2.26. The summed E-state index contributed by atoms with van der Waals surface area (Å²) in [5.74, 6) is -1.42. The SMILES string of the molecule is O=C(NCc1ccccc1)C(=O)N1CCN(c2ccccc2F)CC1. The van der Waals surface area contributed by atoms with Crippen LogP contribution in [0.15, 0.2) is 54.6 Å². The Balaban J connectivity index is 1.51. The monoisotopic (exact) mass is 341 g/mol. The number of hydrogen-bond donors (Lipinski definition) is 1. The number of hydrogen-bond acceptors (Lipinski definition) is 3. The summed E-state index contributed by atoms with van der Waals surface area (Å²) in [6, 6.07) is 16.0. The molecule has 1 heterocycles. The number of piperazine rings is 1. The van der Waals surface area contributed by atoms with Crippen LogP contribution in [-0.2, 0) is 16.1 Å². The van der Waals surface area contributed by atoms with E-state index in [1.165, 1.54) is 11.0 Å². The van der Waals surface area contributed by atoms with Crippen molar-refractivity contribution in [2.24, 2.45) is 0 Å². The minimum absolute atomic E-state index is 0.275. The maximum atomic E-state index is 13.8. The third kappa shape index (κ3) is 4.15. The van der Waals surface area contributed by atoms with Crippen molar-refractivity contribution in [1.82, 2.24) is 10.2 Å². The Morgan fingerprint density at radius 1 is 0.920 bits per heavy atom. The molecule has 1 saturated heterocycles. The third-order valence-electron chi connectivity index (χ3n) is 4.25. The molecule has 2 aromatic carbocycles. The molecule has 1 aliphatic heterocycles. The smallest absolute Gasteiger partial charge is 0.312 e. The number of para-hydroxylation sites is 1. The fourth-order valence-corrected chi connectivity index (χ4v) is 2.86. The highest BCUT2D eigenvalue weighted by Crippen LogP contribution is 2.20. The first-order valence-electron chi connectivity index (χ1n) is 8.25. The number of halogens is 1. The number of nitrogens with zero attached hydrogens (tertiary/aromatic N) is 2. The zero-order valence-electron chi connectivity index (χ0n) is 13.8. The predicted octanol–water partition coefficient (Wildman–Crippen LogP) is 1.79. The van der Waals surface area contributed by atoms with E-state index in [0.717, 1.165) is 5.56 Å². The summed E-state index contributed by atoms with van der Waals surface area (Å²) in [5.41, 5.74) is 1.47. The number of anilines is 1. The lowest BCUT2D eigenvalue weighted by molar-refractivity contribution is -0.146. The Morgan fingerprint density at radius 2 is 1.56 bits per heavy atom. The van der Waals surface area contributed by atoms with Crippen LogP contribution in [0.5, 0.6) is 0 Å². The van der Waals surface area contributed by atoms with Gasteiger partial charge in [-0.3, -0.25) is 9.59 Å². The summed E-state index contributed by atoms with van der Waals surface area (Å²) in [4.78, 5) is 27.7. The molecule has 0 atom stereocenters. The van der Waals surface area contributed by atoms with E-state index in [4.69, 9.17) is 0 Å². The van der Waals surface area contributed by atoms with Crippen LogP contribution >= 0.6 is 0 Å². The molecule has 1 aliphatic rings. The highest BCUT2D eigenvalue weighted by atomic mass is 19.1. The molecule has 0 saturated carbocycles. The van der Waals surface area contributed by atoms with Gasteiger partial charge in [0.15, 0.2) is 0 Å². The van der Waals surface area contributed by atoms with Crippen molar-refractivity contribution in [3.05, 3.63) is 66.0 Å². The van der Waals surface area contributed by atoms with Crippen LogP contribution in [0, 0.1) is 5.82 Å². The fraction of sp³-hybridized carbons (Fsp3) is 0.263. The average molecular weight is 341 g/mol. The van der Waals surface area contributed by atoms with E-state index in [0.29, 0.717) is 38.4 Å². The molecule has 130 valence electrons. The fourth-order valence-electron chi connectivity index (χ4n) is 2.86. The molecule has 0 spiro atoms. The van der Waals surface area contributed by atoms with Gasteiger partial charge in [0.25, 0.3) is 0 Å². The molecule has 0 aromatic heterocycles. The number of nitrogens with one attached hydrogen (secondary N) is 1. The normalized spacial score (nSPS) is 14.3. The Bertz CT molecular complexity index is 743. The first-order chi connectivity index (χ1) is 12.1. The molecule has 2 aromatic rings. The second-order valence-electron chi connectivity index (χ2n) is 5.90. The summed E-state index contributed by atoms with van der Waals surface area (Å²) >= 11 is 0. The first-order valence-corrected chi connectivity index (χ1v) is 8.25. The van der Waals surface area contributed by atoms with Gasteiger partial charge in [0, 0.05) is 32.7 Å². The Morgan fingerprint density at radius 3 is 2.24 bits per heavy atom. The summed E-state index contributed by atoms with van der Waals surface area (Å²) in [7, 11) is 0. The van der Waals surface area contributed by atoms with Gasteiger partial charge in [-0.05, 0) is 17.7 Å². The van der Waals surface area contributed by atoms with E-state index in [9.17, 15) is 14.0 Å². The average Bonchev–Trinajstić information content (AvgIpc) is 2.67. The van der Waals surface area contributed by atoms with E-state index in [2.05, 4.69) is 5.32 Å². The first kappa shape index (κ1) is 17.0. The summed E-state index contributed by atoms with van der Waals surface area (Å²) in [5, 5.41) is 2.64. The van der Waals surface area contributed by atoms with Crippen LogP contribution in [0.25, 0.3) is 0 Å². The van der Waals surface area contributed by atoms with E-state index in [1.807, 2.05) is 35.2 Å². The minimum atomic E-state index is -0.608. The van der Waals surface area contributed by atoms with Crippen molar-refractivity contribution in [1.29, 1.82) is 0 Å². The van der Waals surface area contributed by atoms with Crippen LogP contribution in [0.1, 0.15) is 5.56 Å². The lowest BCUT2D eigenvalue weighted by atomic mass is 10.2. The number of amides is 2. The lowest BCUT2D eigenvalue weighted by Gasteiger charge is -2.35. The number of carbonyl (C=O) groups is 2. The third-order valence-corrected chi connectivity index (χ3v) is 4.25. The maximum Gasteiger partial charge on any atom is 0.312 e. The molecule has 0 radical (unpaired) electrons. The standard InChI is InChI=1S/C19H20FN3O2/c20-16-8-4-5-9-17(16)22-10-12-23(13-11-22)19(25)18(24)21-14-15-6-2-1-3-7-15/h1-9H,10-14H2,(H,21,24). The molecule has 5 nitrogen and oxygen atoms in total. The van der Waals surface area contributed by atoms with Crippen molar-refractivity contribution in [2.75, 3.05) is 31.1 Å². The summed E-state index contributed by atoms with van der Waals surface area (Å²) in [6.45, 7) is 2.11. The zero-order chi connectivity index (χ0) is 17.6. The van der Waals surface area contributed by atoms with Gasteiger partial charge >= 0.3 is 11.8 Å². The van der Waals surface area contributed by atoms with Crippen LogP contribution in [0.3, 0.4) is 0 Å². The van der Waals surface area contributed by atoms with Gasteiger partial charge in [-0.2, -0.15) is 0 Å². The van der Waals surface area contributed by atoms with E-state index in [1.54, 1.807) is 18.2 Å². The second kappa shape index (κ2) is 7.79. The second-order valence-corrected chi connectivity index (χ2v) is 5.90. The predicted molar refractivity (Wildman–Crippen MR) is 93.5 cm³/mol. The van der Waals surface area contributed by atoms with E-state index in [-0.39, 0.29) is 5.82 Å². The Hall–Kier alpha value is -2.89. The molecule has 2 amide bonds. The zero-order valence-corrected chi connectivity index (χ0v) is 13.8. The van der Waals surface area contributed by atoms with Crippen molar-refractivity contribution >= 4 is 17.5 Å². The van der Waals surface area contributed by atoms with Crippen LogP contribution in [0.2, 0.25) is 0 Å². The molecular weight excluding hydrogens is 321 g/mol. The van der Waals surface area contributed by atoms with Crippen molar-refractivity contribution in [3.63, 3.8) is 0 Å². The van der Waals surface area contributed by atoms with E-state index < -0.39 is 11.8 Å². The Kier molecular flexibility index (Phi) is 5.28. The molecule has 0 bridgehead atoms. The van der Waals surface area contributed by atoms with Gasteiger partial charge in [-0.25, -0.2) is 4.39 Å². The molecule has 0 unspecified atom stereocenters. The van der Waals surface area contributed by atoms with Gasteiger partial charge < -0.3 is 15.1 Å².